The first kappa shape index (κ1) is 23.1. The molecule has 0 radical (unpaired) electrons. The van der Waals surface area contributed by atoms with E-state index in [1.54, 1.807) is 13.0 Å². The number of amides is 1. The van der Waals surface area contributed by atoms with Crippen molar-refractivity contribution in [2.24, 2.45) is 0 Å². The van der Waals surface area contributed by atoms with Crippen LogP contribution in [0.2, 0.25) is 0 Å². The van der Waals surface area contributed by atoms with E-state index in [1.165, 1.54) is 12.1 Å². The maximum Gasteiger partial charge on any atom is 0.296 e. The molecule has 0 aliphatic rings. The molecule has 3 aromatic carbocycles. The lowest BCUT2D eigenvalue weighted by Gasteiger charge is -2.07. The SMILES string of the molecule is CCOc1ccc(NC(=O)CSc2nc(-c3ccccc3)c(-c3ccccc3)o2)c([N+](=O)[O-])c1. The minimum absolute atomic E-state index is 0.0344. The fraction of sp³-hybridized carbons (Fsp3) is 0.120. The molecule has 0 atom stereocenters. The van der Waals surface area contributed by atoms with Gasteiger partial charge in [-0.2, -0.15) is 0 Å². The predicted molar refractivity (Wildman–Crippen MR) is 131 cm³/mol. The average Bonchev–Trinajstić information content (AvgIpc) is 3.29. The number of anilines is 1. The maximum absolute atomic E-state index is 12.5. The molecular formula is C25H21N3O5S. The molecule has 1 amide bonds. The van der Waals surface area contributed by atoms with Gasteiger partial charge < -0.3 is 14.5 Å². The Balaban J connectivity index is 1.51. The fourth-order valence-corrected chi connectivity index (χ4v) is 3.90. The quantitative estimate of drug-likeness (QED) is 0.178. The van der Waals surface area contributed by atoms with Crippen molar-refractivity contribution < 1.29 is 18.9 Å². The highest BCUT2D eigenvalue weighted by Crippen LogP contribution is 2.36. The Morgan fingerprint density at radius 3 is 2.38 bits per heavy atom. The van der Waals surface area contributed by atoms with Gasteiger partial charge in [0.25, 0.3) is 10.9 Å². The van der Waals surface area contributed by atoms with Gasteiger partial charge in [-0.25, -0.2) is 4.98 Å². The fourth-order valence-electron chi connectivity index (χ4n) is 3.28. The van der Waals surface area contributed by atoms with E-state index in [0.29, 0.717) is 29.0 Å². The summed E-state index contributed by atoms with van der Waals surface area (Å²) in [6, 6.07) is 23.6. The number of carbonyl (C=O) groups excluding carboxylic acids is 1. The van der Waals surface area contributed by atoms with Crippen molar-refractivity contribution in [3.05, 3.63) is 89.0 Å². The Hall–Kier alpha value is -4.11. The van der Waals surface area contributed by atoms with Crippen LogP contribution in [-0.4, -0.2) is 28.2 Å². The van der Waals surface area contributed by atoms with Crippen molar-refractivity contribution in [3.63, 3.8) is 0 Å². The van der Waals surface area contributed by atoms with Gasteiger partial charge in [0.2, 0.25) is 5.91 Å². The second-order valence-electron chi connectivity index (χ2n) is 7.10. The number of thioether (sulfide) groups is 1. The van der Waals surface area contributed by atoms with E-state index in [-0.39, 0.29) is 17.1 Å². The Morgan fingerprint density at radius 2 is 1.74 bits per heavy atom. The first-order valence-corrected chi connectivity index (χ1v) is 11.5. The van der Waals surface area contributed by atoms with Crippen molar-refractivity contribution in [2.45, 2.75) is 12.1 Å². The molecular weight excluding hydrogens is 454 g/mol. The molecule has 172 valence electrons. The highest BCUT2D eigenvalue weighted by molar-refractivity contribution is 7.99. The molecule has 0 unspecified atom stereocenters. The molecule has 0 saturated carbocycles. The summed E-state index contributed by atoms with van der Waals surface area (Å²) in [6.07, 6.45) is 0. The van der Waals surface area contributed by atoms with Crippen LogP contribution >= 0.6 is 11.8 Å². The van der Waals surface area contributed by atoms with Crippen molar-refractivity contribution in [1.29, 1.82) is 0 Å². The van der Waals surface area contributed by atoms with Crippen LogP contribution in [0.1, 0.15) is 6.92 Å². The average molecular weight is 476 g/mol. The van der Waals surface area contributed by atoms with Crippen molar-refractivity contribution in [3.8, 4) is 28.3 Å². The summed E-state index contributed by atoms with van der Waals surface area (Å²) < 4.78 is 11.3. The van der Waals surface area contributed by atoms with E-state index in [2.05, 4.69) is 10.3 Å². The number of rotatable bonds is 9. The molecule has 0 spiro atoms. The highest BCUT2D eigenvalue weighted by Gasteiger charge is 2.20. The number of carbonyl (C=O) groups is 1. The number of nitro groups is 1. The van der Waals surface area contributed by atoms with Gasteiger partial charge in [-0.05, 0) is 19.1 Å². The third-order valence-electron chi connectivity index (χ3n) is 4.77. The zero-order valence-electron chi connectivity index (χ0n) is 18.3. The van der Waals surface area contributed by atoms with Crippen molar-refractivity contribution >= 4 is 29.0 Å². The number of oxazole rings is 1. The summed E-state index contributed by atoms with van der Waals surface area (Å²) in [5.41, 5.74) is 2.30. The van der Waals surface area contributed by atoms with E-state index in [9.17, 15) is 14.9 Å². The van der Waals surface area contributed by atoms with Gasteiger partial charge in [-0.1, -0.05) is 72.4 Å². The Bertz CT molecular complexity index is 1240. The van der Waals surface area contributed by atoms with E-state index < -0.39 is 10.8 Å². The van der Waals surface area contributed by atoms with E-state index in [0.717, 1.165) is 22.9 Å². The number of aromatic nitrogens is 1. The number of hydrogen-bond donors (Lipinski definition) is 1. The normalized spacial score (nSPS) is 10.6. The topological polar surface area (TPSA) is 108 Å². The lowest BCUT2D eigenvalue weighted by molar-refractivity contribution is -0.384. The van der Waals surface area contributed by atoms with Gasteiger partial charge in [0.1, 0.15) is 17.1 Å². The van der Waals surface area contributed by atoms with Crippen LogP contribution in [0.4, 0.5) is 11.4 Å². The van der Waals surface area contributed by atoms with Crippen LogP contribution in [0.15, 0.2) is 88.5 Å². The van der Waals surface area contributed by atoms with Gasteiger partial charge >= 0.3 is 0 Å². The first-order chi connectivity index (χ1) is 16.5. The molecule has 0 aliphatic carbocycles. The third kappa shape index (κ3) is 5.44. The van der Waals surface area contributed by atoms with Crippen molar-refractivity contribution in [2.75, 3.05) is 17.7 Å². The monoisotopic (exact) mass is 475 g/mol. The summed E-state index contributed by atoms with van der Waals surface area (Å²) in [5.74, 6) is 0.519. The number of benzene rings is 3. The number of nitrogens with zero attached hydrogens (tertiary/aromatic N) is 2. The molecule has 4 rings (SSSR count). The van der Waals surface area contributed by atoms with Crippen LogP contribution in [0.3, 0.4) is 0 Å². The number of nitrogens with one attached hydrogen (secondary N) is 1. The zero-order chi connectivity index (χ0) is 23.9. The third-order valence-corrected chi connectivity index (χ3v) is 5.60. The summed E-state index contributed by atoms with van der Waals surface area (Å²) >= 11 is 1.11. The maximum atomic E-state index is 12.5. The molecule has 0 saturated heterocycles. The molecule has 1 aromatic heterocycles. The highest BCUT2D eigenvalue weighted by atomic mass is 32.2. The van der Waals surface area contributed by atoms with Crippen LogP contribution in [-0.2, 0) is 4.79 Å². The van der Waals surface area contributed by atoms with Crippen LogP contribution in [0.25, 0.3) is 22.6 Å². The lowest BCUT2D eigenvalue weighted by Crippen LogP contribution is -2.15. The molecule has 9 heteroatoms. The first-order valence-electron chi connectivity index (χ1n) is 10.5. The number of hydrogen-bond acceptors (Lipinski definition) is 7. The number of ether oxygens (including phenoxy) is 1. The van der Waals surface area contributed by atoms with Crippen LogP contribution < -0.4 is 10.1 Å². The second-order valence-corrected chi connectivity index (χ2v) is 8.02. The Morgan fingerprint density at radius 1 is 1.06 bits per heavy atom. The van der Waals surface area contributed by atoms with Gasteiger partial charge in [0.05, 0.1) is 23.3 Å². The van der Waals surface area contributed by atoms with E-state index in [1.807, 2.05) is 60.7 Å². The van der Waals surface area contributed by atoms with Gasteiger partial charge in [0.15, 0.2) is 5.76 Å². The smallest absolute Gasteiger partial charge is 0.296 e. The minimum Gasteiger partial charge on any atom is -0.494 e. The molecule has 34 heavy (non-hydrogen) atoms. The molecule has 1 heterocycles. The Labute approximate surface area is 200 Å². The van der Waals surface area contributed by atoms with Gasteiger partial charge in [-0.15, -0.1) is 0 Å². The van der Waals surface area contributed by atoms with Crippen molar-refractivity contribution in [1.82, 2.24) is 4.98 Å². The standard InChI is InChI=1S/C25H21N3O5S/c1-2-32-19-13-14-20(21(15-19)28(30)31)26-22(29)16-34-25-27-23(17-9-5-3-6-10-17)24(33-25)18-11-7-4-8-12-18/h3-15H,2,16H2,1H3,(H,26,29). The summed E-state index contributed by atoms with van der Waals surface area (Å²) in [4.78, 5) is 28.0. The number of nitro benzene ring substituents is 1. The largest absolute Gasteiger partial charge is 0.494 e. The molecule has 0 fully saturated rings. The molecule has 0 bridgehead atoms. The molecule has 4 aromatic rings. The van der Waals surface area contributed by atoms with Gasteiger partial charge in [-0.3, -0.25) is 14.9 Å². The zero-order valence-corrected chi connectivity index (χ0v) is 19.1. The van der Waals surface area contributed by atoms with Crippen LogP contribution in [0, 0.1) is 10.1 Å². The predicted octanol–water partition coefficient (Wildman–Crippen LogP) is 6.05. The minimum atomic E-state index is -0.558. The van der Waals surface area contributed by atoms with Gasteiger partial charge in [0, 0.05) is 11.1 Å². The second kappa shape index (κ2) is 10.7. The summed E-state index contributed by atoms with van der Waals surface area (Å²) in [7, 11) is 0. The Kier molecular flexibility index (Phi) is 7.24. The van der Waals surface area contributed by atoms with E-state index >= 15 is 0 Å². The molecule has 1 N–H and O–H groups in total. The summed E-state index contributed by atoms with van der Waals surface area (Å²) in [5, 5.41) is 14.3. The lowest BCUT2D eigenvalue weighted by atomic mass is 10.1. The van der Waals surface area contributed by atoms with E-state index in [4.69, 9.17) is 9.15 Å². The summed E-state index contributed by atoms with van der Waals surface area (Å²) in [6.45, 7) is 2.17. The molecule has 8 nitrogen and oxygen atoms in total. The van der Waals surface area contributed by atoms with Crippen LogP contribution in [0.5, 0.6) is 5.75 Å². The molecule has 0 aliphatic heterocycles.